The van der Waals surface area contributed by atoms with Crippen molar-refractivity contribution >= 4 is 28.5 Å². The van der Waals surface area contributed by atoms with Gasteiger partial charge in [-0.3, -0.25) is 14.7 Å². The van der Waals surface area contributed by atoms with Crippen LogP contribution in [0.2, 0.25) is 0 Å². The molecule has 3 aromatic rings. The van der Waals surface area contributed by atoms with Crippen LogP contribution in [-0.2, 0) is 17.8 Å². The molecule has 9 heteroatoms. The predicted molar refractivity (Wildman–Crippen MR) is 120 cm³/mol. The topological polar surface area (TPSA) is 104 Å². The zero-order chi connectivity index (χ0) is 22.2. The van der Waals surface area contributed by atoms with Crippen molar-refractivity contribution in [1.82, 2.24) is 30.2 Å². The molecule has 3 aromatic heterocycles. The highest BCUT2D eigenvalue weighted by atomic mass is 16.2. The largest absolute Gasteiger partial charge is 0.324 e. The van der Waals surface area contributed by atoms with E-state index in [1.165, 1.54) is 6.92 Å². The molecule has 1 fully saturated rings. The van der Waals surface area contributed by atoms with Gasteiger partial charge in [0.1, 0.15) is 17.1 Å². The van der Waals surface area contributed by atoms with Gasteiger partial charge >= 0.3 is 6.03 Å². The molecule has 2 amide bonds. The lowest BCUT2D eigenvalue weighted by atomic mass is 10.0. The fraction of sp³-hybridized carbons (Fsp3) is 0.391. The first-order valence-electron chi connectivity index (χ1n) is 10.9. The highest BCUT2D eigenvalue weighted by molar-refractivity contribution is 6.04. The number of hydrogen-bond acceptors (Lipinski definition) is 7. The molecule has 164 valence electrons. The molecule has 2 aliphatic heterocycles. The summed E-state index contributed by atoms with van der Waals surface area (Å²) in [6, 6.07) is 3.93. The monoisotopic (exact) mass is 431 g/mol. The van der Waals surface area contributed by atoms with Gasteiger partial charge in [0.05, 0.1) is 29.9 Å². The summed E-state index contributed by atoms with van der Waals surface area (Å²) in [5, 5.41) is 3.37. The predicted octanol–water partition coefficient (Wildman–Crippen LogP) is 2.34. The fourth-order valence-corrected chi connectivity index (χ4v) is 4.44. The van der Waals surface area contributed by atoms with Gasteiger partial charge in [0, 0.05) is 42.8 Å². The molecule has 0 saturated carbocycles. The van der Waals surface area contributed by atoms with E-state index in [1.807, 2.05) is 30.3 Å². The van der Waals surface area contributed by atoms with E-state index in [0.717, 1.165) is 48.3 Å². The minimum Gasteiger partial charge on any atom is -0.323 e. The lowest BCUT2D eigenvalue weighted by molar-refractivity contribution is -0.116. The Bertz CT molecular complexity index is 1190. The molecule has 0 aliphatic carbocycles. The minimum absolute atomic E-state index is 0.000946. The van der Waals surface area contributed by atoms with Crippen LogP contribution in [0.5, 0.6) is 0 Å². The van der Waals surface area contributed by atoms with E-state index in [0.29, 0.717) is 23.6 Å². The van der Waals surface area contributed by atoms with Crippen molar-refractivity contribution in [2.75, 3.05) is 25.0 Å². The van der Waals surface area contributed by atoms with E-state index in [2.05, 4.69) is 20.3 Å². The molecule has 5 rings (SSSR count). The number of hydrogen-bond donors (Lipinski definition) is 1. The molecule has 5 heterocycles. The number of fused-ring (bicyclic) bond motifs is 3. The van der Waals surface area contributed by atoms with Crippen molar-refractivity contribution in [3.63, 3.8) is 0 Å². The number of piperidine rings is 1. The van der Waals surface area contributed by atoms with Gasteiger partial charge < -0.3 is 10.2 Å². The second-order valence-corrected chi connectivity index (χ2v) is 8.45. The second kappa shape index (κ2) is 8.23. The summed E-state index contributed by atoms with van der Waals surface area (Å²) in [5.41, 5.74) is 4.78. The molecule has 0 spiro atoms. The Balaban J connectivity index is 1.61. The Morgan fingerprint density at radius 2 is 1.88 bits per heavy atom. The van der Waals surface area contributed by atoms with E-state index in [-0.39, 0.29) is 24.3 Å². The number of anilines is 1. The maximum absolute atomic E-state index is 13.2. The van der Waals surface area contributed by atoms with Crippen molar-refractivity contribution in [3.05, 3.63) is 42.1 Å². The SMILES string of the molecule is CC(=O)Cc1ncc(-c2ccc3ncc4c(c3n2)N(C2CCNCC2)C(=O)N(C)C4)cn1. The number of nitrogens with one attached hydrogen (secondary N) is 1. The van der Waals surface area contributed by atoms with Crippen molar-refractivity contribution in [1.29, 1.82) is 0 Å². The molecule has 2 aliphatic rings. The van der Waals surface area contributed by atoms with Gasteiger partial charge in [-0.05, 0) is 45.0 Å². The summed E-state index contributed by atoms with van der Waals surface area (Å²) in [6.45, 7) is 3.80. The summed E-state index contributed by atoms with van der Waals surface area (Å²) < 4.78 is 0. The summed E-state index contributed by atoms with van der Waals surface area (Å²) in [5.74, 6) is 0.513. The maximum atomic E-state index is 13.2. The van der Waals surface area contributed by atoms with E-state index in [9.17, 15) is 9.59 Å². The van der Waals surface area contributed by atoms with Crippen LogP contribution >= 0.6 is 0 Å². The number of Topliss-reactive ketones (excluding diaryl/α,β-unsaturated/α-hetero) is 1. The molecule has 1 N–H and O–H groups in total. The van der Waals surface area contributed by atoms with Gasteiger partial charge in [-0.2, -0.15) is 0 Å². The number of amides is 2. The normalized spacial score (nSPS) is 17.0. The van der Waals surface area contributed by atoms with Crippen LogP contribution in [0.25, 0.3) is 22.3 Å². The van der Waals surface area contributed by atoms with E-state index in [1.54, 1.807) is 17.3 Å². The molecule has 0 unspecified atom stereocenters. The maximum Gasteiger partial charge on any atom is 0.324 e. The highest BCUT2D eigenvalue weighted by Crippen LogP contribution is 2.37. The lowest BCUT2D eigenvalue weighted by Gasteiger charge is -2.41. The number of urea groups is 1. The van der Waals surface area contributed by atoms with Gasteiger partial charge in [0.15, 0.2) is 0 Å². The smallest absolute Gasteiger partial charge is 0.323 e. The molecule has 0 bridgehead atoms. The first-order valence-corrected chi connectivity index (χ1v) is 10.9. The fourth-order valence-electron chi connectivity index (χ4n) is 4.44. The molecule has 0 atom stereocenters. The molecule has 32 heavy (non-hydrogen) atoms. The molecule has 9 nitrogen and oxygen atoms in total. The summed E-state index contributed by atoms with van der Waals surface area (Å²) in [6.07, 6.45) is 7.23. The number of nitrogens with zero attached hydrogens (tertiary/aromatic N) is 6. The van der Waals surface area contributed by atoms with Crippen molar-refractivity contribution in [2.24, 2.45) is 0 Å². The number of pyridine rings is 2. The lowest BCUT2D eigenvalue weighted by Crippen LogP contribution is -2.53. The van der Waals surface area contributed by atoms with Gasteiger partial charge in [0.25, 0.3) is 0 Å². The van der Waals surface area contributed by atoms with Crippen LogP contribution < -0.4 is 10.2 Å². The zero-order valence-electron chi connectivity index (χ0n) is 18.2. The Morgan fingerprint density at radius 3 is 2.59 bits per heavy atom. The number of ketones is 1. The van der Waals surface area contributed by atoms with Crippen LogP contribution in [0.1, 0.15) is 31.2 Å². The third kappa shape index (κ3) is 3.69. The minimum atomic E-state index is 0.000946. The summed E-state index contributed by atoms with van der Waals surface area (Å²) in [4.78, 5) is 46.4. The Hall–Kier alpha value is -3.46. The van der Waals surface area contributed by atoms with Crippen molar-refractivity contribution in [2.45, 2.75) is 38.8 Å². The second-order valence-electron chi connectivity index (χ2n) is 8.45. The number of rotatable bonds is 4. The van der Waals surface area contributed by atoms with Crippen LogP contribution in [0, 0.1) is 0 Å². The third-order valence-electron chi connectivity index (χ3n) is 6.02. The van der Waals surface area contributed by atoms with Gasteiger partial charge in [-0.25, -0.2) is 19.7 Å². The molecule has 1 saturated heterocycles. The first-order chi connectivity index (χ1) is 15.5. The Morgan fingerprint density at radius 1 is 1.12 bits per heavy atom. The average Bonchev–Trinajstić information content (AvgIpc) is 2.80. The molecular weight excluding hydrogens is 406 g/mol. The van der Waals surface area contributed by atoms with Gasteiger partial charge in [-0.15, -0.1) is 0 Å². The standard InChI is InChI=1S/C23H25N7O2/c1-14(31)9-20-26-10-15(11-27-20)18-3-4-19-21(28-18)22-16(12-25-19)13-29(2)23(32)30(22)17-5-7-24-8-6-17/h3-4,10-12,17,24H,5-9,13H2,1-2H3. The van der Waals surface area contributed by atoms with E-state index < -0.39 is 0 Å². The van der Waals surface area contributed by atoms with Gasteiger partial charge in [0.2, 0.25) is 0 Å². The number of carbonyl (C=O) groups excluding carboxylic acids is 2. The van der Waals surface area contributed by atoms with Crippen LogP contribution in [-0.4, -0.2) is 62.8 Å². The molecule has 0 aromatic carbocycles. The number of aromatic nitrogens is 4. The molecule has 0 radical (unpaired) electrons. The summed E-state index contributed by atoms with van der Waals surface area (Å²) in [7, 11) is 1.83. The zero-order valence-corrected chi connectivity index (χ0v) is 18.2. The van der Waals surface area contributed by atoms with Crippen LogP contribution in [0.3, 0.4) is 0 Å². The number of carbonyl (C=O) groups is 2. The first kappa shape index (κ1) is 20.4. The summed E-state index contributed by atoms with van der Waals surface area (Å²) >= 11 is 0. The van der Waals surface area contributed by atoms with Crippen LogP contribution in [0.4, 0.5) is 10.5 Å². The Labute approximate surface area is 185 Å². The average molecular weight is 432 g/mol. The Kier molecular flexibility index (Phi) is 5.26. The molecular formula is C23H25N7O2. The van der Waals surface area contributed by atoms with Crippen molar-refractivity contribution in [3.8, 4) is 11.3 Å². The van der Waals surface area contributed by atoms with E-state index in [4.69, 9.17) is 4.98 Å². The van der Waals surface area contributed by atoms with Crippen LogP contribution in [0.15, 0.2) is 30.7 Å². The highest BCUT2D eigenvalue weighted by Gasteiger charge is 2.36. The third-order valence-corrected chi connectivity index (χ3v) is 6.02. The van der Waals surface area contributed by atoms with E-state index >= 15 is 0 Å². The van der Waals surface area contributed by atoms with Crippen molar-refractivity contribution < 1.29 is 9.59 Å². The quantitative estimate of drug-likeness (QED) is 0.676. The van der Waals surface area contributed by atoms with Gasteiger partial charge in [-0.1, -0.05) is 0 Å².